The summed E-state index contributed by atoms with van der Waals surface area (Å²) in [6.07, 6.45) is 1.34. The highest BCUT2D eigenvalue weighted by atomic mass is 79.9. The van der Waals surface area contributed by atoms with Crippen molar-refractivity contribution in [1.82, 2.24) is 0 Å². The molecule has 2 rings (SSSR count). The number of phenolic OH excluding ortho intramolecular Hbond substituents is 1. The van der Waals surface area contributed by atoms with Crippen molar-refractivity contribution in [2.75, 3.05) is 5.73 Å². The second-order valence-corrected chi connectivity index (χ2v) is 4.99. The second-order valence-electron chi connectivity index (χ2n) is 3.28. The van der Waals surface area contributed by atoms with Crippen molar-refractivity contribution in [2.24, 2.45) is 0 Å². The molecule has 0 saturated carbocycles. The summed E-state index contributed by atoms with van der Waals surface area (Å²) < 4.78 is 0.631. The van der Waals surface area contributed by atoms with Crippen LogP contribution in [-0.4, -0.2) is 16.6 Å². The Balaban J connectivity index is 2.87. The summed E-state index contributed by atoms with van der Waals surface area (Å²) in [6.45, 7) is 0. The molecule has 0 heterocycles. The van der Waals surface area contributed by atoms with E-state index < -0.39 is 0 Å². The Bertz CT molecular complexity index is 564. The molecule has 0 atom stereocenters. The molecule has 1 aliphatic rings. The number of rotatable bonds is 0. The van der Waals surface area contributed by atoms with Crippen molar-refractivity contribution in [3.63, 3.8) is 0 Å². The predicted molar refractivity (Wildman–Crippen MR) is 68.4 cm³/mol. The number of nitrogens with two attached hydrogens (primary N) is 1. The van der Waals surface area contributed by atoms with Crippen LogP contribution < -0.4 is 5.73 Å². The summed E-state index contributed by atoms with van der Waals surface area (Å²) in [6, 6.07) is 1.45. The van der Waals surface area contributed by atoms with E-state index >= 15 is 0 Å². The summed E-state index contributed by atoms with van der Waals surface area (Å²) in [5.41, 5.74) is 6.34. The lowest BCUT2D eigenvalue weighted by Gasteiger charge is -2.17. The van der Waals surface area contributed by atoms with Crippen molar-refractivity contribution in [1.29, 1.82) is 5.41 Å². The van der Waals surface area contributed by atoms with Gasteiger partial charge in [0.2, 0.25) is 5.78 Å². The summed E-state index contributed by atoms with van der Waals surface area (Å²) in [5.74, 6) is -0.467. The lowest BCUT2D eigenvalue weighted by molar-refractivity contribution is 0.104. The van der Waals surface area contributed by atoms with Crippen LogP contribution in [0.3, 0.4) is 0 Å². The highest BCUT2D eigenvalue weighted by molar-refractivity contribution is 9.12. The number of aromatic hydroxyl groups is 1. The highest BCUT2D eigenvalue weighted by Crippen LogP contribution is 2.39. The van der Waals surface area contributed by atoms with Gasteiger partial charge in [0, 0.05) is 5.69 Å². The van der Waals surface area contributed by atoms with Crippen LogP contribution in [0, 0.1) is 5.41 Å². The number of hydrogen-bond donors (Lipinski definition) is 3. The fraction of sp³-hybridized carbons (Fsp3) is 0. The molecule has 82 valence electrons. The first-order chi connectivity index (χ1) is 7.43. The van der Waals surface area contributed by atoms with Crippen LogP contribution in [0.4, 0.5) is 5.69 Å². The fourth-order valence-corrected chi connectivity index (χ4v) is 2.42. The van der Waals surface area contributed by atoms with Gasteiger partial charge in [-0.05, 0) is 44.0 Å². The molecule has 0 saturated heterocycles. The Morgan fingerprint density at radius 3 is 2.56 bits per heavy atom. The molecule has 0 fully saturated rings. The predicted octanol–water partition coefficient (Wildman–Crippen LogP) is 2.58. The zero-order valence-electron chi connectivity index (χ0n) is 7.84. The van der Waals surface area contributed by atoms with E-state index in [0.717, 1.165) is 0 Å². The molecule has 1 aromatic carbocycles. The van der Waals surface area contributed by atoms with E-state index in [1.54, 1.807) is 0 Å². The topological polar surface area (TPSA) is 87.2 Å². The van der Waals surface area contributed by atoms with E-state index in [0.29, 0.717) is 4.47 Å². The van der Waals surface area contributed by atoms with Crippen LogP contribution in [0.1, 0.15) is 15.9 Å². The van der Waals surface area contributed by atoms with Gasteiger partial charge in [-0.2, -0.15) is 0 Å². The normalized spacial score (nSPS) is 14.8. The van der Waals surface area contributed by atoms with E-state index in [4.69, 9.17) is 11.1 Å². The Kier molecular flexibility index (Phi) is 2.63. The van der Waals surface area contributed by atoms with Gasteiger partial charge in [0.15, 0.2) is 0 Å². The lowest BCUT2D eigenvalue weighted by Crippen LogP contribution is -2.17. The van der Waals surface area contributed by atoms with Crippen LogP contribution in [0.15, 0.2) is 21.1 Å². The first-order valence-corrected chi connectivity index (χ1v) is 5.84. The van der Waals surface area contributed by atoms with Gasteiger partial charge < -0.3 is 16.2 Å². The molecule has 1 aromatic rings. The maximum Gasteiger partial charge on any atom is 0.202 e. The Hall–Kier alpha value is -1.14. The average Bonchev–Trinajstić information content (AvgIpc) is 2.20. The third-order valence-corrected chi connectivity index (χ3v) is 3.46. The third-order valence-electron chi connectivity index (χ3n) is 2.27. The maximum absolute atomic E-state index is 11.8. The zero-order valence-corrected chi connectivity index (χ0v) is 11.0. The van der Waals surface area contributed by atoms with Crippen molar-refractivity contribution >= 4 is 49.0 Å². The van der Waals surface area contributed by atoms with Crippen molar-refractivity contribution in [2.45, 2.75) is 0 Å². The summed E-state index contributed by atoms with van der Waals surface area (Å²) in [4.78, 5) is 11.8. The second kappa shape index (κ2) is 3.71. The van der Waals surface area contributed by atoms with Crippen LogP contribution in [0.5, 0.6) is 5.75 Å². The molecule has 0 unspecified atom stereocenters. The smallest absolute Gasteiger partial charge is 0.202 e. The van der Waals surface area contributed by atoms with E-state index in [1.165, 1.54) is 12.1 Å². The number of carbonyl (C=O) groups is 1. The first-order valence-electron chi connectivity index (χ1n) is 4.25. The van der Waals surface area contributed by atoms with E-state index in [1.807, 2.05) is 0 Å². The quantitative estimate of drug-likeness (QED) is 0.499. The lowest BCUT2D eigenvalue weighted by atomic mass is 9.92. The molecular weight excluding hydrogens is 340 g/mol. The molecule has 16 heavy (non-hydrogen) atoms. The molecule has 0 radical (unpaired) electrons. The minimum Gasteiger partial charge on any atom is -0.506 e. The average molecular weight is 346 g/mol. The van der Waals surface area contributed by atoms with E-state index in [2.05, 4.69) is 31.9 Å². The van der Waals surface area contributed by atoms with Crippen molar-refractivity contribution in [3.8, 4) is 5.75 Å². The number of nitrogen functional groups attached to an aromatic ring is 1. The van der Waals surface area contributed by atoms with Gasteiger partial charge in [-0.1, -0.05) is 0 Å². The molecular formula is C10H6Br2N2O2. The Morgan fingerprint density at radius 2 is 1.94 bits per heavy atom. The molecule has 4 N–H and O–H groups in total. The highest BCUT2D eigenvalue weighted by Gasteiger charge is 2.28. The summed E-state index contributed by atoms with van der Waals surface area (Å²) >= 11 is 6.18. The van der Waals surface area contributed by atoms with Gasteiger partial charge in [-0.3, -0.25) is 4.79 Å². The molecule has 0 aromatic heterocycles. The van der Waals surface area contributed by atoms with Crippen LogP contribution in [0.25, 0.3) is 0 Å². The number of nitrogens with one attached hydrogen (secondary N) is 1. The van der Waals surface area contributed by atoms with Crippen LogP contribution in [0.2, 0.25) is 0 Å². The van der Waals surface area contributed by atoms with Gasteiger partial charge in [0.1, 0.15) is 5.75 Å². The number of Topliss-reactive ketones (excluding diaryl/α,β-unsaturated/α-hetero) is 1. The number of benzene rings is 1. The standard InChI is InChI=1S/C10H6Br2N2O2/c11-3-1-5(13)7-8(9(3)15)6(14)2-4(12)10(7)16/h1-2,13,16H,14H2. The number of hydrogen-bond acceptors (Lipinski definition) is 4. The Labute approximate surface area is 108 Å². The van der Waals surface area contributed by atoms with Gasteiger partial charge in [0.05, 0.1) is 25.8 Å². The van der Waals surface area contributed by atoms with Gasteiger partial charge >= 0.3 is 0 Å². The number of allylic oxidation sites excluding steroid dienone is 2. The van der Waals surface area contributed by atoms with Crippen LogP contribution in [-0.2, 0) is 0 Å². The third kappa shape index (κ3) is 1.49. The van der Waals surface area contributed by atoms with Crippen molar-refractivity contribution < 1.29 is 9.90 Å². The van der Waals surface area contributed by atoms with Crippen LogP contribution >= 0.6 is 31.9 Å². The number of anilines is 1. The van der Waals surface area contributed by atoms with Gasteiger partial charge in [-0.15, -0.1) is 0 Å². The minimum atomic E-state index is -0.327. The molecule has 0 amide bonds. The minimum absolute atomic E-state index is 0.0481. The number of phenols is 1. The van der Waals surface area contributed by atoms with Crippen molar-refractivity contribution in [3.05, 3.63) is 32.2 Å². The zero-order chi connectivity index (χ0) is 12.0. The first kappa shape index (κ1) is 11.3. The largest absolute Gasteiger partial charge is 0.506 e. The molecule has 4 nitrogen and oxygen atoms in total. The number of ketones is 1. The number of fused-ring (bicyclic) bond motifs is 1. The van der Waals surface area contributed by atoms with Gasteiger partial charge in [0.25, 0.3) is 0 Å². The Morgan fingerprint density at radius 1 is 1.31 bits per heavy atom. The summed E-state index contributed by atoms with van der Waals surface area (Å²) in [5, 5.41) is 17.5. The summed E-state index contributed by atoms with van der Waals surface area (Å²) in [7, 11) is 0. The number of carbonyl (C=O) groups excluding carboxylic acids is 1. The molecule has 6 heteroatoms. The molecule has 1 aliphatic carbocycles. The van der Waals surface area contributed by atoms with E-state index in [9.17, 15) is 9.90 Å². The number of halogens is 2. The monoisotopic (exact) mass is 344 g/mol. The van der Waals surface area contributed by atoms with Gasteiger partial charge in [-0.25, -0.2) is 0 Å². The fourth-order valence-electron chi connectivity index (χ4n) is 1.55. The maximum atomic E-state index is 11.8. The molecule has 0 aliphatic heterocycles. The van der Waals surface area contributed by atoms with E-state index in [-0.39, 0.29) is 38.5 Å². The SMILES string of the molecule is N=C1C=C(Br)C(=O)c2c(N)cc(Br)c(O)c21. The molecule has 0 bridgehead atoms. The molecule has 0 spiro atoms.